The van der Waals surface area contributed by atoms with Crippen molar-refractivity contribution in [3.05, 3.63) is 0 Å². The average Bonchev–Trinajstić information content (AvgIpc) is 2.17. The summed E-state index contributed by atoms with van der Waals surface area (Å²) in [7, 11) is 2.04. The first-order valence-corrected chi connectivity index (χ1v) is 5.72. The van der Waals surface area contributed by atoms with Gasteiger partial charge in [-0.2, -0.15) is 0 Å². The van der Waals surface area contributed by atoms with Crippen molar-refractivity contribution in [2.24, 2.45) is 5.73 Å². The molecule has 0 aliphatic rings. The van der Waals surface area contributed by atoms with Crippen LogP contribution in [-0.4, -0.2) is 43.0 Å². The maximum atomic E-state index is 11.4. The SMILES string of the molecule is CCC[C@@H](N)C(=O)NCCN(C)C(C)C. The van der Waals surface area contributed by atoms with Crippen LogP contribution in [0.2, 0.25) is 0 Å². The Labute approximate surface area is 93.2 Å². The molecule has 90 valence electrons. The van der Waals surface area contributed by atoms with Crippen LogP contribution in [0.5, 0.6) is 0 Å². The van der Waals surface area contributed by atoms with Crippen LogP contribution in [0.3, 0.4) is 0 Å². The standard InChI is InChI=1S/C11H25N3O/c1-5-6-10(12)11(15)13-7-8-14(4)9(2)3/h9-10H,5-8,12H2,1-4H3,(H,13,15)/t10-/m1/s1. The Balaban J connectivity index is 3.63. The largest absolute Gasteiger partial charge is 0.353 e. The maximum absolute atomic E-state index is 11.4. The quantitative estimate of drug-likeness (QED) is 0.653. The van der Waals surface area contributed by atoms with Gasteiger partial charge in [0.25, 0.3) is 0 Å². The highest BCUT2D eigenvalue weighted by Crippen LogP contribution is 1.94. The Kier molecular flexibility index (Phi) is 7.34. The second-order valence-corrected chi connectivity index (χ2v) is 4.26. The summed E-state index contributed by atoms with van der Waals surface area (Å²) in [4.78, 5) is 13.6. The molecular formula is C11H25N3O. The highest BCUT2D eigenvalue weighted by atomic mass is 16.2. The molecule has 15 heavy (non-hydrogen) atoms. The maximum Gasteiger partial charge on any atom is 0.236 e. The van der Waals surface area contributed by atoms with Gasteiger partial charge in [-0.3, -0.25) is 4.79 Å². The van der Waals surface area contributed by atoms with Gasteiger partial charge < -0.3 is 16.0 Å². The molecule has 0 saturated heterocycles. The van der Waals surface area contributed by atoms with Gasteiger partial charge >= 0.3 is 0 Å². The molecule has 0 heterocycles. The van der Waals surface area contributed by atoms with E-state index in [0.717, 1.165) is 19.4 Å². The first-order chi connectivity index (χ1) is 6.99. The van der Waals surface area contributed by atoms with Crippen molar-refractivity contribution in [1.29, 1.82) is 0 Å². The molecule has 0 spiro atoms. The minimum atomic E-state index is -0.348. The molecule has 1 amide bonds. The van der Waals surface area contributed by atoms with Crippen LogP contribution in [0.25, 0.3) is 0 Å². The number of hydrogen-bond acceptors (Lipinski definition) is 3. The van der Waals surface area contributed by atoms with E-state index in [1.807, 2.05) is 14.0 Å². The van der Waals surface area contributed by atoms with Gasteiger partial charge in [-0.05, 0) is 27.3 Å². The molecule has 1 atom stereocenters. The number of amides is 1. The summed E-state index contributed by atoms with van der Waals surface area (Å²) in [6, 6.07) is 0.158. The van der Waals surface area contributed by atoms with Crippen molar-refractivity contribution < 1.29 is 4.79 Å². The lowest BCUT2D eigenvalue weighted by atomic mass is 10.2. The molecule has 0 rings (SSSR count). The van der Waals surface area contributed by atoms with Gasteiger partial charge in [0.1, 0.15) is 0 Å². The Morgan fingerprint density at radius 2 is 2.07 bits per heavy atom. The summed E-state index contributed by atoms with van der Waals surface area (Å²) in [5.74, 6) is -0.0333. The van der Waals surface area contributed by atoms with E-state index in [9.17, 15) is 4.79 Å². The van der Waals surface area contributed by atoms with Crippen molar-refractivity contribution in [3.8, 4) is 0 Å². The van der Waals surface area contributed by atoms with Gasteiger partial charge in [0.2, 0.25) is 5.91 Å². The van der Waals surface area contributed by atoms with Crippen molar-refractivity contribution in [2.45, 2.75) is 45.7 Å². The highest BCUT2D eigenvalue weighted by Gasteiger charge is 2.11. The van der Waals surface area contributed by atoms with Gasteiger partial charge in [0.15, 0.2) is 0 Å². The molecule has 0 aliphatic carbocycles. The second-order valence-electron chi connectivity index (χ2n) is 4.26. The van der Waals surface area contributed by atoms with Crippen LogP contribution in [0, 0.1) is 0 Å². The van der Waals surface area contributed by atoms with Crippen LogP contribution < -0.4 is 11.1 Å². The van der Waals surface area contributed by atoms with Gasteiger partial charge in [-0.1, -0.05) is 13.3 Å². The minimum Gasteiger partial charge on any atom is -0.353 e. The van der Waals surface area contributed by atoms with E-state index in [4.69, 9.17) is 5.73 Å². The molecule has 0 bridgehead atoms. The molecule has 4 heteroatoms. The number of likely N-dealkylation sites (N-methyl/N-ethyl adjacent to an activating group) is 1. The lowest BCUT2D eigenvalue weighted by Gasteiger charge is -2.21. The third-order valence-corrected chi connectivity index (χ3v) is 2.58. The molecule has 0 fully saturated rings. The highest BCUT2D eigenvalue weighted by molar-refractivity contribution is 5.81. The van der Waals surface area contributed by atoms with Gasteiger partial charge in [-0.25, -0.2) is 0 Å². The van der Waals surface area contributed by atoms with E-state index >= 15 is 0 Å². The van der Waals surface area contributed by atoms with Crippen molar-refractivity contribution in [2.75, 3.05) is 20.1 Å². The van der Waals surface area contributed by atoms with E-state index in [2.05, 4.69) is 24.1 Å². The van der Waals surface area contributed by atoms with Crippen LogP contribution in [0.1, 0.15) is 33.6 Å². The van der Waals surface area contributed by atoms with E-state index in [0.29, 0.717) is 12.6 Å². The number of carbonyl (C=O) groups excluding carboxylic acids is 1. The molecule has 0 unspecified atom stereocenters. The van der Waals surface area contributed by atoms with Gasteiger partial charge in [0, 0.05) is 19.1 Å². The van der Waals surface area contributed by atoms with Crippen LogP contribution in [0.15, 0.2) is 0 Å². The molecule has 0 aromatic heterocycles. The Bertz CT molecular complexity index is 183. The normalized spacial score (nSPS) is 13.3. The summed E-state index contributed by atoms with van der Waals surface area (Å²) < 4.78 is 0. The van der Waals surface area contributed by atoms with Crippen LogP contribution in [-0.2, 0) is 4.79 Å². The summed E-state index contributed by atoms with van der Waals surface area (Å²) in [6.07, 6.45) is 1.70. The fourth-order valence-electron chi connectivity index (χ4n) is 1.19. The van der Waals surface area contributed by atoms with Crippen LogP contribution in [0.4, 0.5) is 0 Å². The third kappa shape index (κ3) is 6.47. The Hall–Kier alpha value is -0.610. The molecule has 0 aromatic carbocycles. The fraction of sp³-hybridized carbons (Fsp3) is 0.909. The zero-order valence-corrected chi connectivity index (χ0v) is 10.4. The van der Waals surface area contributed by atoms with Crippen molar-refractivity contribution >= 4 is 5.91 Å². The summed E-state index contributed by atoms with van der Waals surface area (Å²) in [6.45, 7) is 7.82. The number of hydrogen-bond donors (Lipinski definition) is 2. The summed E-state index contributed by atoms with van der Waals surface area (Å²) in [5, 5.41) is 2.85. The molecule has 3 N–H and O–H groups in total. The van der Waals surface area contributed by atoms with E-state index in [-0.39, 0.29) is 11.9 Å². The smallest absolute Gasteiger partial charge is 0.236 e. The number of rotatable bonds is 7. The monoisotopic (exact) mass is 215 g/mol. The summed E-state index contributed by atoms with van der Waals surface area (Å²) >= 11 is 0. The van der Waals surface area contributed by atoms with Crippen molar-refractivity contribution in [3.63, 3.8) is 0 Å². The first kappa shape index (κ1) is 14.4. The molecular weight excluding hydrogens is 190 g/mol. The van der Waals surface area contributed by atoms with E-state index in [1.165, 1.54) is 0 Å². The third-order valence-electron chi connectivity index (χ3n) is 2.58. The number of nitrogens with one attached hydrogen (secondary N) is 1. The predicted molar refractivity (Wildman–Crippen MR) is 63.7 cm³/mol. The zero-order chi connectivity index (χ0) is 11.8. The topological polar surface area (TPSA) is 58.4 Å². The van der Waals surface area contributed by atoms with Gasteiger partial charge in [-0.15, -0.1) is 0 Å². The second kappa shape index (κ2) is 7.65. The first-order valence-electron chi connectivity index (χ1n) is 5.72. The number of nitrogens with two attached hydrogens (primary N) is 1. The lowest BCUT2D eigenvalue weighted by molar-refractivity contribution is -0.122. The average molecular weight is 215 g/mol. The number of carbonyl (C=O) groups is 1. The molecule has 0 aromatic rings. The molecule has 4 nitrogen and oxygen atoms in total. The molecule has 0 saturated carbocycles. The van der Waals surface area contributed by atoms with Crippen LogP contribution >= 0.6 is 0 Å². The molecule has 0 aliphatic heterocycles. The minimum absolute atomic E-state index is 0.0333. The van der Waals surface area contributed by atoms with E-state index < -0.39 is 0 Å². The zero-order valence-electron chi connectivity index (χ0n) is 10.4. The Morgan fingerprint density at radius 1 is 1.47 bits per heavy atom. The predicted octanol–water partition coefficient (Wildman–Crippen LogP) is 0.570. The van der Waals surface area contributed by atoms with Gasteiger partial charge in [0.05, 0.1) is 6.04 Å². The Morgan fingerprint density at radius 3 is 2.53 bits per heavy atom. The summed E-state index contributed by atoms with van der Waals surface area (Å²) in [5.41, 5.74) is 5.68. The lowest BCUT2D eigenvalue weighted by Crippen LogP contribution is -2.43. The van der Waals surface area contributed by atoms with E-state index in [1.54, 1.807) is 0 Å². The van der Waals surface area contributed by atoms with Crippen molar-refractivity contribution in [1.82, 2.24) is 10.2 Å². The fourth-order valence-corrected chi connectivity index (χ4v) is 1.19. The molecule has 0 radical (unpaired) electrons. The number of nitrogens with zero attached hydrogens (tertiary/aromatic N) is 1.